The molecule has 16 heavy (non-hydrogen) atoms. The molecule has 0 bridgehead atoms. The van der Waals surface area contributed by atoms with Gasteiger partial charge in [0.05, 0.1) is 20.3 Å². The molecule has 0 amide bonds. The molecule has 0 saturated carbocycles. The van der Waals surface area contributed by atoms with Crippen molar-refractivity contribution in [3.05, 3.63) is 23.8 Å². The van der Waals surface area contributed by atoms with Gasteiger partial charge in [-0.2, -0.15) is 0 Å². The first-order valence-corrected chi connectivity index (χ1v) is 5.29. The maximum Gasteiger partial charge on any atom is 0.124 e. The number of aliphatic hydroxyl groups excluding tert-OH is 1. The van der Waals surface area contributed by atoms with Gasteiger partial charge in [0, 0.05) is 11.6 Å². The van der Waals surface area contributed by atoms with Crippen LogP contribution in [0.2, 0.25) is 0 Å². The number of aliphatic hydroxyl groups is 1. The Hall–Kier alpha value is -1.26. The summed E-state index contributed by atoms with van der Waals surface area (Å²) >= 11 is 0. The molecule has 2 atom stereocenters. The Morgan fingerprint density at radius 1 is 1.31 bits per heavy atom. The molecule has 90 valence electrons. The molecule has 4 nitrogen and oxygen atoms in total. The molecule has 0 aliphatic heterocycles. The van der Waals surface area contributed by atoms with E-state index in [2.05, 4.69) is 0 Å². The molecule has 4 heteroatoms. The lowest BCUT2D eigenvalue weighted by Gasteiger charge is -2.20. The van der Waals surface area contributed by atoms with Gasteiger partial charge in [-0.1, -0.05) is 6.92 Å². The van der Waals surface area contributed by atoms with Crippen LogP contribution in [0.15, 0.2) is 18.2 Å². The number of methoxy groups -OCH3 is 2. The van der Waals surface area contributed by atoms with Crippen molar-refractivity contribution in [3.8, 4) is 11.5 Å². The van der Waals surface area contributed by atoms with Crippen molar-refractivity contribution in [1.29, 1.82) is 0 Å². The van der Waals surface area contributed by atoms with Crippen molar-refractivity contribution < 1.29 is 14.6 Å². The second kappa shape index (κ2) is 5.72. The van der Waals surface area contributed by atoms with Crippen LogP contribution in [0.3, 0.4) is 0 Å². The van der Waals surface area contributed by atoms with Crippen molar-refractivity contribution in [2.24, 2.45) is 5.73 Å². The van der Waals surface area contributed by atoms with Crippen molar-refractivity contribution in [2.75, 3.05) is 14.2 Å². The molecule has 0 heterocycles. The summed E-state index contributed by atoms with van der Waals surface area (Å²) in [5.74, 6) is 1.30. The van der Waals surface area contributed by atoms with Gasteiger partial charge in [0.1, 0.15) is 11.5 Å². The second-order valence-corrected chi connectivity index (χ2v) is 3.62. The Labute approximate surface area is 96.0 Å². The molecule has 1 rings (SSSR count). The van der Waals surface area contributed by atoms with Gasteiger partial charge >= 0.3 is 0 Å². The van der Waals surface area contributed by atoms with Crippen LogP contribution in [-0.2, 0) is 0 Å². The zero-order valence-corrected chi connectivity index (χ0v) is 9.93. The minimum Gasteiger partial charge on any atom is -0.497 e. The number of rotatable bonds is 5. The molecule has 0 aromatic heterocycles. The lowest BCUT2D eigenvalue weighted by molar-refractivity contribution is 0.140. The van der Waals surface area contributed by atoms with E-state index in [1.807, 2.05) is 6.92 Å². The largest absolute Gasteiger partial charge is 0.497 e. The summed E-state index contributed by atoms with van der Waals surface area (Å²) in [6.07, 6.45) is -0.0447. The average molecular weight is 225 g/mol. The van der Waals surface area contributed by atoms with Gasteiger partial charge in [-0.25, -0.2) is 0 Å². The zero-order valence-electron chi connectivity index (χ0n) is 9.93. The third-order valence-electron chi connectivity index (χ3n) is 2.63. The Morgan fingerprint density at radius 3 is 2.50 bits per heavy atom. The van der Waals surface area contributed by atoms with E-state index in [1.54, 1.807) is 32.4 Å². The molecule has 0 spiro atoms. The van der Waals surface area contributed by atoms with E-state index in [1.165, 1.54) is 0 Å². The highest BCUT2D eigenvalue weighted by Gasteiger charge is 2.19. The normalized spacial score (nSPS) is 14.3. The number of hydrogen-bond donors (Lipinski definition) is 2. The number of benzene rings is 1. The van der Waals surface area contributed by atoms with Crippen molar-refractivity contribution in [1.82, 2.24) is 0 Å². The summed E-state index contributed by atoms with van der Waals surface area (Å²) < 4.78 is 10.3. The summed E-state index contributed by atoms with van der Waals surface area (Å²) in [5.41, 5.74) is 6.48. The minimum absolute atomic E-state index is 0.305. The quantitative estimate of drug-likeness (QED) is 0.796. The number of hydrogen-bond acceptors (Lipinski definition) is 4. The van der Waals surface area contributed by atoms with Gasteiger partial charge in [-0.15, -0.1) is 0 Å². The Balaban J connectivity index is 3.07. The van der Waals surface area contributed by atoms with Gasteiger partial charge in [-0.05, 0) is 24.6 Å². The van der Waals surface area contributed by atoms with Crippen molar-refractivity contribution >= 4 is 0 Å². The molecule has 1 aromatic rings. The van der Waals surface area contributed by atoms with E-state index in [-0.39, 0.29) is 6.04 Å². The summed E-state index contributed by atoms with van der Waals surface area (Å²) in [7, 11) is 3.15. The molecular weight excluding hydrogens is 206 g/mol. The maximum absolute atomic E-state index is 10.1. The van der Waals surface area contributed by atoms with E-state index in [0.717, 1.165) is 0 Å². The van der Waals surface area contributed by atoms with Crippen LogP contribution < -0.4 is 15.2 Å². The van der Waals surface area contributed by atoms with Crippen molar-refractivity contribution in [2.45, 2.75) is 25.5 Å². The van der Waals surface area contributed by atoms with E-state index in [9.17, 15) is 5.11 Å². The van der Waals surface area contributed by atoms with E-state index in [0.29, 0.717) is 23.5 Å². The molecule has 0 fully saturated rings. The second-order valence-electron chi connectivity index (χ2n) is 3.62. The summed E-state index contributed by atoms with van der Waals surface area (Å²) in [4.78, 5) is 0. The first-order valence-electron chi connectivity index (χ1n) is 5.29. The first-order chi connectivity index (χ1) is 7.63. The number of nitrogens with two attached hydrogens (primary N) is 1. The Bertz CT molecular complexity index is 341. The van der Waals surface area contributed by atoms with E-state index in [4.69, 9.17) is 15.2 Å². The van der Waals surface area contributed by atoms with Gasteiger partial charge in [0.15, 0.2) is 0 Å². The van der Waals surface area contributed by atoms with Crippen molar-refractivity contribution in [3.63, 3.8) is 0 Å². The lowest BCUT2D eigenvalue weighted by atomic mass is 10.00. The SMILES string of the molecule is CCC(N)C(O)c1cc(OC)ccc1OC. The first kappa shape index (κ1) is 12.8. The van der Waals surface area contributed by atoms with Crippen LogP contribution in [0.5, 0.6) is 11.5 Å². The molecule has 0 saturated heterocycles. The molecule has 0 aliphatic rings. The molecule has 0 radical (unpaired) electrons. The van der Waals surface area contributed by atoms with E-state index < -0.39 is 6.10 Å². The van der Waals surface area contributed by atoms with E-state index >= 15 is 0 Å². The molecule has 1 aromatic carbocycles. The standard InChI is InChI=1S/C12H19NO3/c1-4-10(13)12(14)9-7-8(15-2)5-6-11(9)16-3/h5-7,10,12,14H,4,13H2,1-3H3. The number of ether oxygens (including phenoxy) is 2. The van der Waals surface area contributed by atoms with Gasteiger partial charge in [0.25, 0.3) is 0 Å². The van der Waals surface area contributed by atoms with Crippen LogP contribution in [0.4, 0.5) is 0 Å². The Kier molecular flexibility index (Phi) is 4.58. The maximum atomic E-state index is 10.1. The highest BCUT2D eigenvalue weighted by Crippen LogP contribution is 2.31. The monoisotopic (exact) mass is 225 g/mol. The topological polar surface area (TPSA) is 64.7 Å². The highest BCUT2D eigenvalue weighted by molar-refractivity contribution is 5.42. The minimum atomic E-state index is -0.741. The summed E-state index contributed by atoms with van der Waals surface area (Å²) in [6, 6.07) is 4.99. The van der Waals surface area contributed by atoms with Crippen LogP contribution >= 0.6 is 0 Å². The fourth-order valence-electron chi connectivity index (χ4n) is 1.52. The molecule has 0 aliphatic carbocycles. The molecular formula is C12H19NO3. The van der Waals surface area contributed by atoms with Gasteiger partial charge in [-0.3, -0.25) is 0 Å². The fraction of sp³-hybridized carbons (Fsp3) is 0.500. The fourth-order valence-corrected chi connectivity index (χ4v) is 1.52. The zero-order chi connectivity index (χ0) is 12.1. The van der Waals surface area contributed by atoms with Crippen LogP contribution in [0.1, 0.15) is 25.0 Å². The smallest absolute Gasteiger partial charge is 0.124 e. The lowest BCUT2D eigenvalue weighted by Crippen LogP contribution is -2.27. The Morgan fingerprint density at radius 2 is 2.00 bits per heavy atom. The highest BCUT2D eigenvalue weighted by atomic mass is 16.5. The predicted octanol–water partition coefficient (Wildman–Crippen LogP) is 1.47. The van der Waals surface area contributed by atoms with Crippen LogP contribution in [-0.4, -0.2) is 25.4 Å². The van der Waals surface area contributed by atoms with Gasteiger partial charge in [0.2, 0.25) is 0 Å². The predicted molar refractivity (Wildman–Crippen MR) is 62.8 cm³/mol. The molecule has 2 unspecified atom stereocenters. The average Bonchev–Trinajstić information content (AvgIpc) is 2.35. The van der Waals surface area contributed by atoms with Gasteiger partial charge < -0.3 is 20.3 Å². The third-order valence-corrected chi connectivity index (χ3v) is 2.63. The summed E-state index contributed by atoms with van der Waals surface area (Å²) in [5, 5.41) is 10.1. The molecule has 3 N–H and O–H groups in total. The summed E-state index contributed by atoms with van der Waals surface area (Å²) in [6.45, 7) is 1.93. The van der Waals surface area contributed by atoms with Crippen LogP contribution in [0.25, 0.3) is 0 Å². The third kappa shape index (κ3) is 2.65. The van der Waals surface area contributed by atoms with Crippen LogP contribution in [0, 0.1) is 0 Å².